The molecule has 0 aromatic heterocycles. The van der Waals surface area contributed by atoms with Crippen LogP contribution in [0.25, 0.3) is 11.1 Å². The molecule has 6 heteroatoms. The fourth-order valence-electron chi connectivity index (χ4n) is 1.72. The van der Waals surface area contributed by atoms with Crippen LogP contribution in [0.1, 0.15) is 0 Å². The quantitative estimate of drug-likeness (QED) is 0.787. The maximum Gasteiger partial charge on any atom is 0.455 e. The first-order chi connectivity index (χ1) is 9.79. The largest absolute Gasteiger partial charge is 0.455 e. The van der Waals surface area contributed by atoms with E-state index in [9.17, 15) is 22.0 Å². The second kappa shape index (κ2) is 5.71. The van der Waals surface area contributed by atoms with Crippen molar-refractivity contribution < 1.29 is 22.0 Å². The van der Waals surface area contributed by atoms with Crippen molar-refractivity contribution in [1.82, 2.24) is 0 Å². The van der Waals surface area contributed by atoms with Crippen molar-refractivity contribution in [2.75, 3.05) is 11.9 Å². The van der Waals surface area contributed by atoms with Gasteiger partial charge in [-0.3, -0.25) is 0 Å². The van der Waals surface area contributed by atoms with Crippen molar-refractivity contribution in [3.8, 4) is 11.1 Å². The zero-order valence-corrected chi connectivity index (χ0v) is 10.8. The van der Waals surface area contributed by atoms with Gasteiger partial charge in [0, 0.05) is 5.69 Å². The Labute approximate surface area is 118 Å². The minimum absolute atomic E-state index is 0.207. The molecular formula is C15H12F5N. The van der Waals surface area contributed by atoms with E-state index < -0.39 is 18.6 Å². The van der Waals surface area contributed by atoms with Gasteiger partial charge in [0.05, 0.1) is 6.54 Å². The molecule has 0 heterocycles. The van der Waals surface area contributed by atoms with E-state index in [1.807, 2.05) is 30.3 Å². The molecular weight excluding hydrogens is 289 g/mol. The van der Waals surface area contributed by atoms with E-state index in [0.717, 1.165) is 11.1 Å². The minimum Gasteiger partial charge on any atom is -0.379 e. The van der Waals surface area contributed by atoms with Crippen LogP contribution in [-0.2, 0) is 0 Å². The van der Waals surface area contributed by atoms with Gasteiger partial charge in [0.2, 0.25) is 0 Å². The Hall–Kier alpha value is -2.11. The average molecular weight is 301 g/mol. The van der Waals surface area contributed by atoms with Gasteiger partial charge in [-0.15, -0.1) is 0 Å². The Morgan fingerprint density at radius 3 is 1.76 bits per heavy atom. The highest BCUT2D eigenvalue weighted by molar-refractivity contribution is 5.65. The standard InChI is InChI=1S/C15H12F5N/c16-14(17,15(18,19)20)10-21-13-8-6-12(7-9-13)11-4-2-1-3-5-11/h1-9,21H,10H2. The summed E-state index contributed by atoms with van der Waals surface area (Å²) < 4.78 is 61.6. The Morgan fingerprint density at radius 2 is 1.24 bits per heavy atom. The molecule has 0 spiro atoms. The molecule has 1 N–H and O–H groups in total. The fraction of sp³-hybridized carbons (Fsp3) is 0.200. The molecule has 112 valence electrons. The van der Waals surface area contributed by atoms with Crippen LogP contribution in [0.2, 0.25) is 0 Å². The molecule has 0 aliphatic rings. The van der Waals surface area contributed by atoms with E-state index in [0.29, 0.717) is 0 Å². The maximum atomic E-state index is 12.8. The van der Waals surface area contributed by atoms with Crippen LogP contribution in [-0.4, -0.2) is 18.6 Å². The van der Waals surface area contributed by atoms with Crippen molar-refractivity contribution in [3.05, 3.63) is 54.6 Å². The number of alkyl halides is 5. The molecule has 0 amide bonds. The molecule has 2 aromatic carbocycles. The van der Waals surface area contributed by atoms with Gasteiger partial charge in [0.1, 0.15) is 0 Å². The molecule has 2 rings (SSSR count). The van der Waals surface area contributed by atoms with Crippen LogP contribution in [0.4, 0.5) is 27.6 Å². The van der Waals surface area contributed by atoms with E-state index in [-0.39, 0.29) is 5.69 Å². The van der Waals surface area contributed by atoms with Crippen molar-refractivity contribution >= 4 is 5.69 Å². The molecule has 0 atom stereocenters. The molecule has 21 heavy (non-hydrogen) atoms. The van der Waals surface area contributed by atoms with Gasteiger partial charge in [-0.1, -0.05) is 42.5 Å². The van der Waals surface area contributed by atoms with E-state index >= 15 is 0 Å². The molecule has 1 nitrogen and oxygen atoms in total. The minimum atomic E-state index is -5.55. The predicted molar refractivity (Wildman–Crippen MR) is 71.4 cm³/mol. The highest BCUT2D eigenvalue weighted by atomic mass is 19.4. The lowest BCUT2D eigenvalue weighted by atomic mass is 10.1. The first-order valence-electron chi connectivity index (χ1n) is 6.13. The third-order valence-electron chi connectivity index (χ3n) is 2.92. The first-order valence-corrected chi connectivity index (χ1v) is 6.13. The maximum absolute atomic E-state index is 12.8. The second-order valence-corrected chi connectivity index (χ2v) is 4.50. The van der Waals surface area contributed by atoms with Crippen LogP contribution in [0, 0.1) is 0 Å². The van der Waals surface area contributed by atoms with E-state index in [1.165, 1.54) is 12.1 Å². The summed E-state index contributed by atoms with van der Waals surface area (Å²) in [5, 5.41) is 2.10. The zero-order chi connectivity index (χ0) is 15.5. The number of anilines is 1. The lowest BCUT2D eigenvalue weighted by Crippen LogP contribution is -2.42. The van der Waals surface area contributed by atoms with Crippen molar-refractivity contribution in [3.63, 3.8) is 0 Å². The predicted octanol–water partition coefficient (Wildman–Crippen LogP) is 4.96. The Bertz CT molecular complexity index is 575. The smallest absolute Gasteiger partial charge is 0.379 e. The summed E-state index contributed by atoms with van der Waals surface area (Å²) in [5.74, 6) is -4.76. The topological polar surface area (TPSA) is 12.0 Å². The SMILES string of the molecule is FC(F)(F)C(F)(F)CNc1ccc(-c2ccccc2)cc1. The molecule has 0 saturated carbocycles. The fourth-order valence-corrected chi connectivity index (χ4v) is 1.72. The van der Waals surface area contributed by atoms with Gasteiger partial charge in [-0.05, 0) is 23.3 Å². The first kappa shape index (κ1) is 15.3. The highest BCUT2D eigenvalue weighted by Crippen LogP contribution is 2.35. The number of hydrogen-bond acceptors (Lipinski definition) is 1. The number of halogens is 5. The van der Waals surface area contributed by atoms with Gasteiger partial charge in [-0.25, -0.2) is 0 Å². The van der Waals surface area contributed by atoms with Crippen LogP contribution in [0.15, 0.2) is 54.6 Å². The lowest BCUT2D eigenvalue weighted by Gasteiger charge is -2.20. The summed E-state index contributed by atoms with van der Waals surface area (Å²) in [5.41, 5.74) is 1.99. The van der Waals surface area contributed by atoms with Gasteiger partial charge < -0.3 is 5.32 Å². The monoisotopic (exact) mass is 301 g/mol. The zero-order valence-electron chi connectivity index (χ0n) is 10.8. The second-order valence-electron chi connectivity index (χ2n) is 4.50. The summed E-state index contributed by atoms with van der Waals surface area (Å²) in [7, 11) is 0. The molecule has 0 fully saturated rings. The van der Waals surface area contributed by atoms with Crippen LogP contribution < -0.4 is 5.32 Å². The van der Waals surface area contributed by atoms with Gasteiger partial charge >= 0.3 is 12.1 Å². The molecule has 0 aliphatic heterocycles. The van der Waals surface area contributed by atoms with Crippen LogP contribution >= 0.6 is 0 Å². The van der Waals surface area contributed by atoms with Crippen LogP contribution in [0.3, 0.4) is 0 Å². The summed E-state index contributed by atoms with van der Waals surface area (Å²) >= 11 is 0. The Kier molecular flexibility index (Phi) is 4.16. The molecule has 0 saturated heterocycles. The highest BCUT2D eigenvalue weighted by Gasteiger charge is 2.57. The van der Waals surface area contributed by atoms with E-state index in [2.05, 4.69) is 5.32 Å². The number of nitrogens with one attached hydrogen (secondary N) is 1. The molecule has 0 bridgehead atoms. The van der Waals surface area contributed by atoms with Crippen LogP contribution in [0.5, 0.6) is 0 Å². The number of benzene rings is 2. The lowest BCUT2D eigenvalue weighted by molar-refractivity contribution is -0.275. The third-order valence-corrected chi connectivity index (χ3v) is 2.92. The Balaban J connectivity index is 2.04. The molecule has 0 unspecified atom stereocenters. The summed E-state index contributed by atoms with van der Waals surface area (Å²) in [6.07, 6.45) is -5.55. The number of hydrogen-bond donors (Lipinski definition) is 1. The van der Waals surface area contributed by atoms with Crippen molar-refractivity contribution in [1.29, 1.82) is 0 Å². The third kappa shape index (κ3) is 3.71. The molecule has 0 radical (unpaired) electrons. The summed E-state index contributed by atoms with van der Waals surface area (Å²) in [6, 6.07) is 15.6. The van der Waals surface area contributed by atoms with E-state index in [4.69, 9.17) is 0 Å². The van der Waals surface area contributed by atoms with Crippen molar-refractivity contribution in [2.24, 2.45) is 0 Å². The van der Waals surface area contributed by atoms with Gasteiger partial charge in [0.15, 0.2) is 0 Å². The molecule has 0 aliphatic carbocycles. The number of rotatable bonds is 4. The molecule has 2 aromatic rings. The van der Waals surface area contributed by atoms with Crippen molar-refractivity contribution in [2.45, 2.75) is 12.1 Å². The average Bonchev–Trinajstić information content (AvgIpc) is 2.45. The normalized spacial score (nSPS) is 12.2. The Morgan fingerprint density at radius 1 is 0.714 bits per heavy atom. The van der Waals surface area contributed by atoms with Gasteiger partial charge in [0.25, 0.3) is 0 Å². The van der Waals surface area contributed by atoms with Gasteiger partial charge in [-0.2, -0.15) is 22.0 Å². The summed E-state index contributed by atoms with van der Waals surface area (Å²) in [4.78, 5) is 0. The van der Waals surface area contributed by atoms with E-state index in [1.54, 1.807) is 12.1 Å². The summed E-state index contributed by atoms with van der Waals surface area (Å²) in [6.45, 7) is -1.48.